The Kier molecular flexibility index (Phi) is 6.70. The number of nitrogens with zero attached hydrogens (tertiary/aromatic N) is 4. The number of aromatic nitrogens is 4. The van der Waals surface area contributed by atoms with Gasteiger partial charge in [-0.25, -0.2) is 0 Å². The van der Waals surface area contributed by atoms with Crippen LogP contribution in [0.1, 0.15) is 5.56 Å². The van der Waals surface area contributed by atoms with E-state index < -0.39 is 0 Å². The summed E-state index contributed by atoms with van der Waals surface area (Å²) in [5.74, 6) is 0.662. The number of halogens is 2. The molecule has 0 spiro atoms. The molecule has 9 heteroatoms. The highest BCUT2D eigenvalue weighted by Gasteiger charge is 2.17. The summed E-state index contributed by atoms with van der Waals surface area (Å²) in [4.78, 5) is 16.6. The average molecular weight is 515 g/mol. The standard InChI is InChI=1S/C22H17BrClN5OS/c1-14-2-5-17(6-3-14)29-21(15-8-10-25-11-9-15)27-28-22(29)31-13-20(30)26-19-7-4-16(23)12-18(19)24/h2-12H,13H2,1H3,(H,26,30). The fraction of sp³-hybridized carbons (Fsp3) is 0.0909. The van der Waals surface area contributed by atoms with Gasteiger partial charge in [0.15, 0.2) is 11.0 Å². The van der Waals surface area contributed by atoms with Crippen molar-refractivity contribution in [2.24, 2.45) is 0 Å². The number of amides is 1. The SMILES string of the molecule is Cc1ccc(-n2c(SCC(=O)Nc3ccc(Br)cc3Cl)nnc2-c2ccncc2)cc1. The Morgan fingerprint density at radius 2 is 1.84 bits per heavy atom. The molecule has 0 saturated carbocycles. The highest BCUT2D eigenvalue weighted by atomic mass is 79.9. The molecule has 0 unspecified atom stereocenters. The van der Waals surface area contributed by atoms with Gasteiger partial charge in [0.05, 0.1) is 16.5 Å². The van der Waals surface area contributed by atoms with Gasteiger partial charge in [-0.15, -0.1) is 10.2 Å². The number of rotatable bonds is 6. The van der Waals surface area contributed by atoms with Gasteiger partial charge in [0.2, 0.25) is 5.91 Å². The zero-order valence-corrected chi connectivity index (χ0v) is 19.6. The first-order valence-electron chi connectivity index (χ1n) is 9.32. The van der Waals surface area contributed by atoms with Crippen LogP contribution in [0.15, 0.2) is 76.6 Å². The Balaban J connectivity index is 1.58. The second kappa shape index (κ2) is 9.64. The zero-order chi connectivity index (χ0) is 21.8. The van der Waals surface area contributed by atoms with Crippen LogP contribution >= 0.6 is 39.3 Å². The Morgan fingerprint density at radius 3 is 2.55 bits per heavy atom. The van der Waals surface area contributed by atoms with Crippen molar-refractivity contribution in [3.05, 3.63) is 82.0 Å². The lowest BCUT2D eigenvalue weighted by atomic mass is 10.2. The Morgan fingerprint density at radius 1 is 1.10 bits per heavy atom. The third-order valence-electron chi connectivity index (χ3n) is 4.40. The molecule has 0 aliphatic heterocycles. The van der Waals surface area contributed by atoms with Crippen LogP contribution in [0.3, 0.4) is 0 Å². The van der Waals surface area contributed by atoms with Gasteiger partial charge in [-0.2, -0.15) is 0 Å². The third-order valence-corrected chi connectivity index (χ3v) is 6.14. The van der Waals surface area contributed by atoms with Gasteiger partial charge < -0.3 is 5.32 Å². The fourth-order valence-electron chi connectivity index (χ4n) is 2.89. The molecule has 0 fully saturated rings. The maximum atomic E-state index is 12.5. The normalized spacial score (nSPS) is 10.8. The van der Waals surface area contributed by atoms with Gasteiger partial charge in [0.25, 0.3) is 0 Å². The van der Waals surface area contributed by atoms with Crippen molar-refractivity contribution in [3.63, 3.8) is 0 Å². The van der Waals surface area contributed by atoms with Gasteiger partial charge >= 0.3 is 0 Å². The van der Waals surface area contributed by atoms with Crippen molar-refractivity contribution in [2.75, 3.05) is 11.1 Å². The zero-order valence-electron chi connectivity index (χ0n) is 16.4. The molecule has 0 radical (unpaired) electrons. The summed E-state index contributed by atoms with van der Waals surface area (Å²) in [7, 11) is 0. The summed E-state index contributed by atoms with van der Waals surface area (Å²) < 4.78 is 2.79. The summed E-state index contributed by atoms with van der Waals surface area (Å²) in [6.07, 6.45) is 3.43. The van der Waals surface area contributed by atoms with Gasteiger partial charge in [-0.3, -0.25) is 14.3 Å². The molecular weight excluding hydrogens is 498 g/mol. The molecule has 2 heterocycles. The molecule has 4 aromatic rings. The average Bonchev–Trinajstić information content (AvgIpc) is 3.19. The Hall–Kier alpha value is -2.68. The number of anilines is 1. The number of hydrogen-bond donors (Lipinski definition) is 1. The maximum absolute atomic E-state index is 12.5. The van der Waals surface area contributed by atoms with Crippen LogP contribution in [0.5, 0.6) is 0 Å². The van der Waals surface area contributed by atoms with Crippen molar-refractivity contribution in [1.29, 1.82) is 0 Å². The minimum atomic E-state index is -0.182. The molecule has 0 aliphatic rings. The third kappa shape index (κ3) is 5.15. The molecule has 156 valence electrons. The van der Waals surface area contributed by atoms with E-state index >= 15 is 0 Å². The number of thioether (sulfide) groups is 1. The number of benzene rings is 2. The number of aryl methyl sites for hydroxylation is 1. The fourth-order valence-corrected chi connectivity index (χ4v) is 4.36. The van der Waals surface area contributed by atoms with E-state index in [2.05, 4.69) is 36.4 Å². The summed E-state index contributed by atoms with van der Waals surface area (Å²) in [5, 5.41) is 12.6. The van der Waals surface area contributed by atoms with Crippen molar-refractivity contribution < 1.29 is 4.79 Å². The van der Waals surface area contributed by atoms with Crippen LogP contribution in [-0.2, 0) is 4.79 Å². The van der Waals surface area contributed by atoms with E-state index in [4.69, 9.17) is 11.6 Å². The molecule has 2 aromatic carbocycles. The summed E-state index contributed by atoms with van der Waals surface area (Å²) >= 11 is 10.9. The Bertz CT molecular complexity index is 1210. The van der Waals surface area contributed by atoms with Gasteiger partial charge in [0, 0.05) is 28.1 Å². The highest BCUT2D eigenvalue weighted by Crippen LogP contribution is 2.29. The molecule has 1 N–H and O–H groups in total. The molecule has 2 aromatic heterocycles. The van der Waals surface area contributed by atoms with Crippen molar-refractivity contribution in [2.45, 2.75) is 12.1 Å². The van der Waals surface area contributed by atoms with Crippen LogP contribution in [0.2, 0.25) is 5.02 Å². The minimum absolute atomic E-state index is 0.159. The van der Waals surface area contributed by atoms with E-state index in [1.807, 2.05) is 54.0 Å². The van der Waals surface area contributed by atoms with Crippen LogP contribution < -0.4 is 5.32 Å². The number of carbonyl (C=O) groups is 1. The first kappa shape index (κ1) is 21.5. The second-order valence-corrected chi connectivity index (χ2v) is 8.94. The van der Waals surface area contributed by atoms with E-state index in [-0.39, 0.29) is 11.7 Å². The number of carbonyl (C=O) groups excluding carboxylic acids is 1. The highest BCUT2D eigenvalue weighted by molar-refractivity contribution is 9.10. The lowest BCUT2D eigenvalue weighted by Gasteiger charge is -2.11. The largest absolute Gasteiger partial charge is 0.324 e. The van der Waals surface area contributed by atoms with Gasteiger partial charge in [-0.05, 0) is 49.4 Å². The van der Waals surface area contributed by atoms with E-state index in [1.54, 1.807) is 24.5 Å². The number of hydrogen-bond acceptors (Lipinski definition) is 5. The smallest absolute Gasteiger partial charge is 0.234 e. The van der Waals surface area contributed by atoms with E-state index in [0.29, 0.717) is 21.7 Å². The summed E-state index contributed by atoms with van der Waals surface area (Å²) in [6.45, 7) is 2.03. The molecule has 1 amide bonds. The summed E-state index contributed by atoms with van der Waals surface area (Å²) in [6, 6.07) is 17.2. The Labute approximate surface area is 197 Å². The van der Waals surface area contributed by atoms with Gasteiger partial charge in [-0.1, -0.05) is 57.0 Å². The molecule has 6 nitrogen and oxygen atoms in total. The number of pyridine rings is 1. The summed E-state index contributed by atoms with van der Waals surface area (Å²) in [5.41, 5.74) is 3.53. The molecule has 0 bridgehead atoms. The first-order valence-corrected chi connectivity index (χ1v) is 11.5. The van der Waals surface area contributed by atoms with Crippen molar-refractivity contribution in [3.8, 4) is 17.1 Å². The van der Waals surface area contributed by atoms with Crippen LogP contribution in [0, 0.1) is 6.92 Å². The topological polar surface area (TPSA) is 72.7 Å². The van der Waals surface area contributed by atoms with Crippen LogP contribution in [-0.4, -0.2) is 31.4 Å². The molecule has 0 saturated heterocycles. The maximum Gasteiger partial charge on any atom is 0.234 e. The molecule has 0 aliphatic carbocycles. The molecular formula is C22H17BrClN5OS. The van der Waals surface area contributed by atoms with Crippen molar-refractivity contribution >= 4 is 50.9 Å². The molecule has 31 heavy (non-hydrogen) atoms. The predicted molar refractivity (Wildman–Crippen MR) is 128 cm³/mol. The van der Waals surface area contributed by atoms with E-state index in [0.717, 1.165) is 21.3 Å². The van der Waals surface area contributed by atoms with E-state index in [1.165, 1.54) is 11.8 Å². The quantitative estimate of drug-likeness (QED) is 0.330. The van der Waals surface area contributed by atoms with Crippen LogP contribution in [0.4, 0.5) is 5.69 Å². The van der Waals surface area contributed by atoms with Crippen LogP contribution in [0.25, 0.3) is 17.1 Å². The number of nitrogens with one attached hydrogen (secondary N) is 1. The molecule has 4 rings (SSSR count). The lowest BCUT2D eigenvalue weighted by molar-refractivity contribution is -0.113. The lowest BCUT2D eigenvalue weighted by Crippen LogP contribution is -2.15. The predicted octanol–water partition coefficient (Wildman–Crippen LogP) is 5.78. The monoisotopic (exact) mass is 513 g/mol. The van der Waals surface area contributed by atoms with Gasteiger partial charge in [0.1, 0.15) is 0 Å². The van der Waals surface area contributed by atoms with Crippen molar-refractivity contribution in [1.82, 2.24) is 19.7 Å². The second-order valence-electron chi connectivity index (χ2n) is 6.67. The molecule has 0 atom stereocenters. The minimum Gasteiger partial charge on any atom is -0.324 e. The first-order chi connectivity index (χ1) is 15.0. The van der Waals surface area contributed by atoms with E-state index in [9.17, 15) is 4.79 Å².